The molecule has 2 aliphatic rings. The number of allylic oxidation sites excluding steroid dienone is 6. The maximum atomic E-state index is 15.5. The summed E-state index contributed by atoms with van der Waals surface area (Å²) in [4.78, 5) is 15.2. The molecule has 0 bridgehead atoms. The Morgan fingerprint density at radius 3 is 1.98 bits per heavy atom. The van der Waals surface area contributed by atoms with E-state index in [1.165, 1.54) is 0 Å². The largest absolute Gasteiger partial charge is 0.484 e. The Morgan fingerprint density at radius 1 is 0.771 bits per heavy atom. The van der Waals surface area contributed by atoms with Crippen LogP contribution in [-0.2, 0) is 4.57 Å². The number of ether oxygens (including phenoxy) is 1. The molecule has 0 radical (unpaired) electrons. The smallest absolute Gasteiger partial charge is 0.164 e. The predicted molar refractivity (Wildman–Crippen MR) is 206 cm³/mol. The quantitative estimate of drug-likeness (QED) is 0.0733. The normalized spacial score (nSPS) is 20.4. The Hall–Kier alpha value is -4.65. The van der Waals surface area contributed by atoms with Crippen LogP contribution in [-0.4, -0.2) is 31.1 Å². The SMILES string of the molecule is C/C=C\C=C(/CI)P1(=O)c2ccccc2OC2C=CC(c3nc(-c4ccc5ccccc5c4)nc(-c4ccc5ccccc5c4)n3)=CC21. The summed E-state index contributed by atoms with van der Waals surface area (Å²) >= 11 is 2.33. The van der Waals surface area contributed by atoms with Gasteiger partial charge in [0.15, 0.2) is 24.6 Å². The highest BCUT2D eigenvalue weighted by atomic mass is 127. The molecule has 0 N–H and O–H groups in total. The Kier molecular flexibility index (Phi) is 8.15. The lowest BCUT2D eigenvalue weighted by molar-refractivity contribution is 0.250. The summed E-state index contributed by atoms with van der Waals surface area (Å²) in [7, 11) is -3.15. The van der Waals surface area contributed by atoms with Crippen LogP contribution in [0.5, 0.6) is 5.75 Å². The highest BCUT2D eigenvalue weighted by molar-refractivity contribution is 14.1. The van der Waals surface area contributed by atoms with E-state index in [-0.39, 0.29) is 6.10 Å². The van der Waals surface area contributed by atoms with Crippen molar-refractivity contribution >= 4 is 62.2 Å². The summed E-state index contributed by atoms with van der Waals surface area (Å²) in [6.07, 6.45) is 11.7. The van der Waals surface area contributed by atoms with Crippen LogP contribution in [0.2, 0.25) is 0 Å². The molecule has 0 saturated carbocycles. The number of fused-ring (bicyclic) bond motifs is 4. The maximum absolute atomic E-state index is 15.5. The molecular weight excluding hydrogens is 724 g/mol. The maximum Gasteiger partial charge on any atom is 0.164 e. The molecule has 8 rings (SSSR count). The highest BCUT2D eigenvalue weighted by Gasteiger charge is 2.48. The minimum Gasteiger partial charge on any atom is -0.484 e. The van der Waals surface area contributed by atoms with Crippen molar-refractivity contribution in [2.45, 2.75) is 18.7 Å². The van der Waals surface area contributed by atoms with Crippen LogP contribution >= 0.6 is 29.7 Å². The van der Waals surface area contributed by atoms with Gasteiger partial charge in [-0.3, -0.25) is 0 Å². The monoisotopic (exact) mass is 755 g/mol. The van der Waals surface area contributed by atoms with Crippen molar-refractivity contribution in [2.24, 2.45) is 0 Å². The Balaban J connectivity index is 1.31. The number of benzene rings is 5. The van der Waals surface area contributed by atoms with Crippen LogP contribution in [0, 0.1) is 0 Å². The van der Waals surface area contributed by atoms with E-state index in [1.54, 1.807) is 0 Å². The van der Waals surface area contributed by atoms with Gasteiger partial charge in [-0.1, -0.05) is 138 Å². The van der Waals surface area contributed by atoms with Crippen LogP contribution in [0.25, 0.3) is 49.9 Å². The first-order valence-electron chi connectivity index (χ1n) is 15.9. The molecule has 0 fully saturated rings. The number of halogens is 1. The molecule has 1 aliphatic heterocycles. The number of rotatable bonds is 6. The van der Waals surface area contributed by atoms with E-state index < -0.39 is 12.8 Å². The Bertz CT molecular complexity index is 2300. The Labute approximate surface area is 293 Å². The van der Waals surface area contributed by atoms with Crippen LogP contribution in [0.15, 0.2) is 151 Å². The van der Waals surface area contributed by atoms with Gasteiger partial charge in [0.2, 0.25) is 0 Å². The first kappa shape index (κ1) is 30.7. The van der Waals surface area contributed by atoms with Gasteiger partial charge in [0.05, 0.1) is 11.0 Å². The van der Waals surface area contributed by atoms with Gasteiger partial charge >= 0.3 is 0 Å². The number of hydrogen-bond acceptors (Lipinski definition) is 5. The fourth-order valence-electron chi connectivity index (χ4n) is 6.57. The van der Waals surface area contributed by atoms with Gasteiger partial charge < -0.3 is 9.30 Å². The summed E-state index contributed by atoms with van der Waals surface area (Å²) in [5.74, 6) is 2.38. The second-order valence-electron chi connectivity index (χ2n) is 11.9. The number of aromatic nitrogens is 3. The van der Waals surface area contributed by atoms with E-state index in [0.717, 1.165) is 48.9 Å². The van der Waals surface area contributed by atoms with Crippen LogP contribution in [0.1, 0.15) is 12.7 Å². The standard InChI is InChI=1S/C41H31IN3O2P/c1-2-3-14-34(26-42)48(46)37-16-9-8-15-35(37)47-36-22-21-33(25-38(36)48)41-44-39(31-19-17-27-10-4-6-12-29(27)23-31)43-40(45-41)32-20-18-28-11-5-7-13-30(28)24-32/h2-25,36,38H,26H2,1H3/b3-2-,34-14+. The summed E-state index contributed by atoms with van der Waals surface area (Å²) in [6, 6.07) is 36.9. The third kappa shape index (κ3) is 5.43. The number of nitrogens with zero attached hydrogens (tertiary/aromatic N) is 3. The van der Waals surface area contributed by atoms with Gasteiger partial charge in [-0.15, -0.1) is 0 Å². The van der Waals surface area contributed by atoms with Crippen molar-refractivity contribution in [2.75, 3.05) is 4.43 Å². The highest BCUT2D eigenvalue weighted by Crippen LogP contribution is 2.64. The molecule has 7 heteroatoms. The average Bonchev–Trinajstić information content (AvgIpc) is 3.14. The number of hydrogen-bond donors (Lipinski definition) is 0. The average molecular weight is 756 g/mol. The molecule has 6 aromatic rings. The van der Waals surface area contributed by atoms with Gasteiger partial charge in [0, 0.05) is 26.4 Å². The second kappa shape index (κ2) is 12.8. The number of para-hydroxylation sites is 1. The molecule has 234 valence electrons. The minimum atomic E-state index is -3.15. The third-order valence-corrected chi connectivity index (χ3v) is 14.0. The molecule has 0 amide bonds. The second-order valence-corrected chi connectivity index (χ2v) is 15.7. The topological polar surface area (TPSA) is 65.0 Å². The van der Waals surface area contributed by atoms with Crippen LogP contribution in [0.4, 0.5) is 0 Å². The minimum absolute atomic E-state index is 0.381. The zero-order valence-corrected chi connectivity index (χ0v) is 29.3. The lowest BCUT2D eigenvalue weighted by Gasteiger charge is -2.39. The molecule has 5 aromatic carbocycles. The fourth-order valence-corrected chi connectivity index (χ4v) is 11.6. The zero-order valence-electron chi connectivity index (χ0n) is 26.2. The lowest BCUT2D eigenvalue weighted by atomic mass is 10.0. The van der Waals surface area contributed by atoms with E-state index >= 15 is 4.57 Å². The fraction of sp³-hybridized carbons (Fsp3) is 0.0976. The van der Waals surface area contributed by atoms with Crippen molar-refractivity contribution in [1.29, 1.82) is 0 Å². The Morgan fingerprint density at radius 2 is 1.35 bits per heavy atom. The van der Waals surface area contributed by atoms with Gasteiger partial charge in [-0.2, -0.15) is 0 Å². The molecule has 0 saturated heterocycles. The van der Waals surface area contributed by atoms with E-state index in [1.807, 2.05) is 85.8 Å². The first-order chi connectivity index (χ1) is 23.5. The molecular formula is C41H31IN3O2P. The molecule has 0 spiro atoms. The molecule has 3 unspecified atom stereocenters. The molecule has 3 atom stereocenters. The third-order valence-electron chi connectivity index (χ3n) is 9.01. The van der Waals surface area contributed by atoms with Crippen molar-refractivity contribution in [1.82, 2.24) is 15.0 Å². The first-order valence-corrected chi connectivity index (χ1v) is 19.2. The van der Waals surface area contributed by atoms with Gasteiger partial charge in [0.1, 0.15) is 11.9 Å². The van der Waals surface area contributed by atoms with E-state index in [9.17, 15) is 0 Å². The van der Waals surface area contributed by atoms with Gasteiger partial charge in [-0.25, -0.2) is 15.0 Å². The summed E-state index contributed by atoms with van der Waals surface area (Å²) < 4.78 is 22.7. The lowest BCUT2D eigenvalue weighted by Crippen LogP contribution is -2.40. The molecule has 1 aliphatic carbocycles. The molecule has 48 heavy (non-hydrogen) atoms. The summed E-state index contributed by atoms with van der Waals surface area (Å²) in [5.41, 5.74) is 2.19. The molecule has 2 heterocycles. The van der Waals surface area contributed by atoms with E-state index in [0.29, 0.717) is 27.7 Å². The van der Waals surface area contributed by atoms with Gasteiger partial charge in [-0.05, 0) is 58.8 Å². The zero-order chi connectivity index (χ0) is 32.7. The van der Waals surface area contributed by atoms with Crippen LogP contribution in [0.3, 0.4) is 0 Å². The van der Waals surface area contributed by atoms with Gasteiger partial charge in [0.25, 0.3) is 0 Å². The van der Waals surface area contributed by atoms with Crippen LogP contribution < -0.4 is 10.0 Å². The van der Waals surface area contributed by atoms with Crippen molar-refractivity contribution < 1.29 is 9.30 Å². The molecule has 1 aromatic heterocycles. The predicted octanol–water partition coefficient (Wildman–Crippen LogP) is 10.2. The van der Waals surface area contributed by atoms with Crippen molar-refractivity contribution in [3.63, 3.8) is 0 Å². The van der Waals surface area contributed by atoms with E-state index in [2.05, 4.69) is 89.3 Å². The number of alkyl halides is 1. The van der Waals surface area contributed by atoms with Crippen molar-refractivity contribution in [3.8, 4) is 28.5 Å². The summed E-state index contributed by atoms with van der Waals surface area (Å²) in [5, 5.41) is 6.19. The molecule has 5 nitrogen and oxygen atoms in total. The summed E-state index contributed by atoms with van der Waals surface area (Å²) in [6.45, 7) is 1.97. The van der Waals surface area contributed by atoms with E-state index in [4.69, 9.17) is 19.7 Å². The van der Waals surface area contributed by atoms with Crippen molar-refractivity contribution in [3.05, 3.63) is 157 Å².